The van der Waals surface area contributed by atoms with Crippen molar-refractivity contribution in [3.8, 4) is 11.5 Å². The second kappa shape index (κ2) is 12.1. The third-order valence-corrected chi connectivity index (χ3v) is 5.51. The maximum atomic E-state index is 13.5. The predicted molar refractivity (Wildman–Crippen MR) is 133 cm³/mol. The van der Waals surface area contributed by atoms with E-state index in [1.54, 1.807) is 49.4 Å². The molecule has 1 aliphatic heterocycles. The van der Waals surface area contributed by atoms with Crippen LogP contribution in [0.2, 0.25) is 0 Å². The van der Waals surface area contributed by atoms with Crippen LogP contribution in [-0.2, 0) is 11.0 Å². The highest BCUT2D eigenvalue weighted by molar-refractivity contribution is 6.04. The van der Waals surface area contributed by atoms with Crippen LogP contribution in [0.1, 0.15) is 29.6 Å². The average molecular weight is 534 g/mol. The maximum Gasteiger partial charge on any atom is 0.452 e. The SMILES string of the molecule is CCC(N)=O.O=C(Nc1ccc(N2CCN(C(=O)O)CC2)cc1)c1nc(-c2ccccc2)oc1C(F)(F)F. The number of halogens is 3. The lowest BCUT2D eigenvalue weighted by Gasteiger charge is -2.34. The maximum absolute atomic E-state index is 13.5. The number of carbonyl (C=O) groups excluding carboxylic acids is 2. The molecular formula is C25H26F3N5O5. The molecule has 1 fully saturated rings. The van der Waals surface area contributed by atoms with Crippen LogP contribution in [0.4, 0.5) is 29.3 Å². The number of oxazole rings is 1. The molecule has 0 aliphatic carbocycles. The number of primary amides is 1. The summed E-state index contributed by atoms with van der Waals surface area (Å²) in [6.07, 6.45) is -5.41. The number of rotatable bonds is 5. The fourth-order valence-corrected chi connectivity index (χ4v) is 3.47. The van der Waals surface area contributed by atoms with Gasteiger partial charge in [-0.15, -0.1) is 0 Å². The molecule has 38 heavy (non-hydrogen) atoms. The Bertz CT molecular complexity index is 1250. The van der Waals surface area contributed by atoms with Crippen LogP contribution in [-0.4, -0.2) is 59.1 Å². The standard InChI is InChI=1S/C22H19F3N4O4.C3H7NO/c23-22(24,25)18-17(27-20(33-18)14-4-2-1-3-5-14)19(30)26-15-6-8-16(9-7-15)28-10-12-29(13-11-28)21(31)32;1-2-3(4)5/h1-9H,10-13H2,(H,26,30)(H,31,32);2H2,1H3,(H2,4,5). The molecule has 1 saturated heterocycles. The van der Waals surface area contributed by atoms with Crippen molar-refractivity contribution in [1.82, 2.24) is 9.88 Å². The van der Waals surface area contributed by atoms with Gasteiger partial charge in [0.25, 0.3) is 5.91 Å². The van der Waals surface area contributed by atoms with E-state index < -0.39 is 29.6 Å². The van der Waals surface area contributed by atoms with E-state index in [9.17, 15) is 27.6 Å². The van der Waals surface area contributed by atoms with E-state index in [1.807, 2.05) is 4.90 Å². The number of hydrogen-bond donors (Lipinski definition) is 3. The van der Waals surface area contributed by atoms with Crippen LogP contribution in [0.15, 0.2) is 59.0 Å². The summed E-state index contributed by atoms with van der Waals surface area (Å²) in [7, 11) is 0. The summed E-state index contributed by atoms with van der Waals surface area (Å²) in [6.45, 7) is 3.47. The lowest BCUT2D eigenvalue weighted by molar-refractivity contribution is -0.153. The zero-order valence-electron chi connectivity index (χ0n) is 20.4. The van der Waals surface area contributed by atoms with E-state index in [0.29, 0.717) is 38.2 Å². The fraction of sp³-hybridized carbons (Fsp3) is 0.280. The lowest BCUT2D eigenvalue weighted by Crippen LogP contribution is -2.48. The lowest BCUT2D eigenvalue weighted by atomic mass is 10.2. The van der Waals surface area contributed by atoms with E-state index in [2.05, 4.69) is 16.0 Å². The van der Waals surface area contributed by atoms with Crippen LogP contribution in [0.3, 0.4) is 0 Å². The van der Waals surface area contributed by atoms with Crippen molar-refractivity contribution in [2.24, 2.45) is 5.73 Å². The van der Waals surface area contributed by atoms with E-state index in [0.717, 1.165) is 5.69 Å². The van der Waals surface area contributed by atoms with Crippen molar-refractivity contribution in [2.75, 3.05) is 36.4 Å². The van der Waals surface area contributed by atoms with Gasteiger partial charge in [0.1, 0.15) is 0 Å². The van der Waals surface area contributed by atoms with Crippen LogP contribution >= 0.6 is 0 Å². The minimum absolute atomic E-state index is 0.245. The summed E-state index contributed by atoms with van der Waals surface area (Å²) in [6, 6.07) is 14.5. The first-order chi connectivity index (χ1) is 18.0. The monoisotopic (exact) mass is 533 g/mol. The molecule has 4 N–H and O–H groups in total. The van der Waals surface area contributed by atoms with Crippen LogP contribution < -0.4 is 16.0 Å². The molecule has 3 aromatic rings. The quantitative estimate of drug-likeness (QED) is 0.444. The molecule has 2 aromatic carbocycles. The van der Waals surface area contributed by atoms with Gasteiger partial charge in [0.05, 0.1) is 0 Å². The third kappa shape index (κ3) is 7.24. The summed E-state index contributed by atoms with van der Waals surface area (Å²) in [5, 5.41) is 11.5. The van der Waals surface area contributed by atoms with E-state index in [1.165, 1.54) is 17.0 Å². The number of benzene rings is 2. The molecule has 10 nitrogen and oxygen atoms in total. The summed E-state index contributed by atoms with van der Waals surface area (Å²) in [5.41, 5.74) is 5.21. The number of amides is 3. The molecule has 202 valence electrons. The molecule has 2 heterocycles. The number of carbonyl (C=O) groups is 3. The van der Waals surface area contributed by atoms with Crippen molar-refractivity contribution in [3.63, 3.8) is 0 Å². The highest BCUT2D eigenvalue weighted by Gasteiger charge is 2.42. The molecule has 4 rings (SSSR count). The Labute approximate surface area is 215 Å². The Hall–Kier alpha value is -4.55. The molecule has 0 spiro atoms. The van der Waals surface area contributed by atoms with Gasteiger partial charge in [-0.2, -0.15) is 13.2 Å². The number of piperazine rings is 1. The number of alkyl halides is 3. The summed E-state index contributed by atoms with van der Waals surface area (Å²) in [4.78, 5) is 40.3. The number of hydrogen-bond acceptors (Lipinski definition) is 6. The van der Waals surface area contributed by atoms with Gasteiger partial charge in [-0.25, -0.2) is 9.78 Å². The third-order valence-electron chi connectivity index (χ3n) is 5.51. The first-order valence-electron chi connectivity index (χ1n) is 11.6. The molecule has 3 amide bonds. The molecule has 13 heteroatoms. The number of aromatic nitrogens is 1. The molecule has 0 atom stereocenters. The van der Waals surface area contributed by atoms with Gasteiger partial charge in [-0.3, -0.25) is 9.59 Å². The van der Waals surface area contributed by atoms with Gasteiger partial charge in [0, 0.05) is 49.5 Å². The van der Waals surface area contributed by atoms with Crippen LogP contribution in [0.25, 0.3) is 11.5 Å². The Morgan fingerprint density at radius 2 is 1.61 bits per heavy atom. The topological polar surface area (TPSA) is 142 Å². The van der Waals surface area contributed by atoms with Gasteiger partial charge in [-0.1, -0.05) is 25.1 Å². The molecule has 0 radical (unpaired) electrons. The van der Waals surface area contributed by atoms with Gasteiger partial charge < -0.3 is 30.4 Å². The summed E-state index contributed by atoms with van der Waals surface area (Å²) < 4.78 is 45.3. The van der Waals surface area contributed by atoms with Gasteiger partial charge >= 0.3 is 12.3 Å². The number of carboxylic acid groups (broad SMARTS) is 1. The smallest absolute Gasteiger partial charge is 0.452 e. The normalized spacial score (nSPS) is 13.4. The van der Waals surface area contributed by atoms with Crippen LogP contribution in [0.5, 0.6) is 0 Å². The predicted octanol–water partition coefficient (Wildman–Crippen LogP) is 4.29. The zero-order valence-corrected chi connectivity index (χ0v) is 20.4. The largest absolute Gasteiger partial charge is 0.465 e. The van der Waals surface area contributed by atoms with Gasteiger partial charge in [0.15, 0.2) is 5.69 Å². The Morgan fingerprint density at radius 1 is 1.03 bits per heavy atom. The minimum Gasteiger partial charge on any atom is -0.465 e. The number of anilines is 2. The molecule has 0 bridgehead atoms. The molecule has 1 aromatic heterocycles. The molecule has 0 unspecified atom stereocenters. The Kier molecular flexibility index (Phi) is 8.94. The van der Waals surface area contributed by atoms with Crippen molar-refractivity contribution < 1.29 is 37.1 Å². The first kappa shape index (κ1) is 28.0. The number of nitrogens with one attached hydrogen (secondary N) is 1. The van der Waals surface area contributed by atoms with Crippen LogP contribution in [0, 0.1) is 0 Å². The fourth-order valence-electron chi connectivity index (χ4n) is 3.47. The highest BCUT2D eigenvalue weighted by Crippen LogP contribution is 2.35. The van der Waals surface area contributed by atoms with E-state index in [4.69, 9.17) is 9.52 Å². The van der Waals surface area contributed by atoms with E-state index >= 15 is 0 Å². The van der Waals surface area contributed by atoms with Gasteiger partial charge in [0.2, 0.25) is 17.6 Å². The first-order valence-corrected chi connectivity index (χ1v) is 11.6. The molecule has 0 saturated carbocycles. The Morgan fingerprint density at radius 3 is 2.11 bits per heavy atom. The van der Waals surface area contributed by atoms with Crippen molar-refractivity contribution >= 4 is 29.3 Å². The number of nitrogens with zero attached hydrogens (tertiary/aromatic N) is 3. The second-order valence-corrected chi connectivity index (χ2v) is 8.14. The number of nitrogens with two attached hydrogens (primary N) is 1. The van der Waals surface area contributed by atoms with Crippen molar-refractivity contribution in [1.29, 1.82) is 0 Å². The van der Waals surface area contributed by atoms with Gasteiger partial charge in [-0.05, 0) is 36.4 Å². The second-order valence-electron chi connectivity index (χ2n) is 8.14. The minimum atomic E-state index is -4.89. The van der Waals surface area contributed by atoms with E-state index in [-0.39, 0.29) is 17.5 Å². The average Bonchev–Trinajstić information content (AvgIpc) is 3.37. The zero-order chi connectivity index (χ0) is 27.9. The summed E-state index contributed by atoms with van der Waals surface area (Å²) >= 11 is 0. The van der Waals surface area contributed by atoms with Crippen molar-refractivity contribution in [2.45, 2.75) is 19.5 Å². The Balaban J connectivity index is 0.000000732. The van der Waals surface area contributed by atoms with Crippen molar-refractivity contribution in [3.05, 3.63) is 66.1 Å². The summed E-state index contributed by atoms with van der Waals surface area (Å²) in [5.74, 6) is -3.06. The molecule has 1 aliphatic rings. The molecular weight excluding hydrogens is 507 g/mol. The highest BCUT2D eigenvalue weighted by atomic mass is 19.4.